The molecule has 1 atom stereocenters. The second kappa shape index (κ2) is 6.58. The van der Waals surface area contributed by atoms with Gasteiger partial charge in [-0.3, -0.25) is 9.59 Å². The smallest absolute Gasteiger partial charge is 0.347 e. The summed E-state index contributed by atoms with van der Waals surface area (Å²) in [6.45, 7) is 0.329. The van der Waals surface area contributed by atoms with Crippen LogP contribution in [0.5, 0.6) is 0 Å². The largest absolute Gasteiger partial charge is 0.416 e. The normalized spacial score (nSPS) is 17.6. The van der Waals surface area contributed by atoms with Gasteiger partial charge in [0.05, 0.1) is 11.6 Å². The van der Waals surface area contributed by atoms with E-state index in [0.717, 1.165) is 30.0 Å². The predicted molar refractivity (Wildman–Crippen MR) is 86.1 cm³/mol. The van der Waals surface area contributed by atoms with Crippen LogP contribution in [-0.2, 0) is 11.0 Å². The molecule has 1 saturated heterocycles. The highest BCUT2D eigenvalue weighted by molar-refractivity contribution is 5.98. The van der Waals surface area contributed by atoms with E-state index in [1.165, 1.54) is 0 Å². The molecular weight excluding hydrogens is 333 g/mol. The average Bonchev–Trinajstić information content (AvgIpc) is 2.95. The minimum absolute atomic E-state index is 0.107. The molecular formula is C18H15F3N2O2. The van der Waals surface area contributed by atoms with E-state index in [2.05, 4.69) is 5.32 Å². The summed E-state index contributed by atoms with van der Waals surface area (Å²) in [5, 5.41) is 2.70. The number of amides is 2. The number of nitrogens with zero attached hydrogens (tertiary/aromatic N) is 1. The first-order valence-electron chi connectivity index (χ1n) is 7.68. The first-order valence-corrected chi connectivity index (χ1v) is 7.68. The molecule has 2 amide bonds. The van der Waals surface area contributed by atoms with Crippen molar-refractivity contribution in [1.82, 2.24) is 5.32 Å². The summed E-state index contributed by atoms with van der Waals surface area (Å²) in [5.74, 6) is -0.606. The zero-order chi connectivity index (χ0) is 18.0. The summed E-state index contributed by atoms with van der Waals surface area (Å²) in [5.41, 5.74) is 0.0627. The fourth-order valence-electron chi connectivity index (χ4n) is 2.74. The molecule has 3 rings (SSSR count). The summed E-state index contributed by atoms with van der Waals surface area (Å²) >= 11 is 0. The molecule has 0 saturated carbocycles. The van der Waals surface area contributed by atoms with Gasteiger partial charge in [0.1, 0.15) is 0 Å². The molecule has 1 heterocycles. The molecule has 0 bridgehead atoms. The minimum Gasteiger partial charge on any atom is -0.347 e. The first-order chi connectivity index (χ1) is 11.8. The van der Waals surface area contributed by atoms with Crippen molar-refractivity contribution in [3.8, 4) is 0 Å². The van der Waals surface area contributed by atoms with Crippen LogP contribution in [0, 0.1) is 0 Å². The average molecular weight is 348 g/mol. The van der Waals surface area contributed by atoms with Crippen LogP contribution in [0.1, 0.15) is 22.3 Å². The number of rotatable bonds is 3. The number of benzene rings is 2. The Labute approximate surface area is 142 Å². The van der Waals surface area contributed by atoms with Gasteiger partial charge in [0.2, 0.25) is 5.91 Å². The summed E-state index contributed by atoms with van der Waals surface area (Å²) < 4.78 is 37.7. The van der Waals surface area contributed by atoms with Crippen molar-refractivity contribution in [1.29, 1.82) is 0 Å². The lowest BCUT2D eigenvalue weighted by molar-refractivity contribution is -0.137. The number of carbonyl (C=O) groups is 2. The highest BCUT2D eigenvalue weighted by Crippen LogP contribution is 2.29. The van der Waals surface area contributed by atoms with E-state index >= 15 is 0 Å². The molecule has 4 nitrogen and oxygen atoms in total. The van der Waals surface area contributed by atoms with Crippen LogP contribution in [0.2, 0.25) is 0 Å². The van der Waals surface area contributed by atoms with Crippen LogP contribution in [0.25, 0.3) is 0 Å². The van der Waals surface area contributed by atoms with Crippen molar-refractivity contribution in [2.24, 2.45) is 0 Å². The van der Waals surface area contributed by atoms with Crippen molar-refractivity contribution in [3.05, 3.63) is 65.7 Å². The van der Waals surface area contributed by atoms with Crippen LogP contribution in [0.4, 0.5) is 18.9 Å². The molecule has 1 aliphatic heterocycles. The highest BCUT2D eigenvalue weighted by Gasteiger charge is 2.32. The Morgan fingerprint density at radius 1 is 1.04 bits per heavy atom. The van der Waals surface area contributed by atoms with Gasteiger partial charge in [0, 0.05) is 24.2 Å². The van der Waals surface area contributed by atoms with Crippen LogP contribution >= 0.6 is 0 Å². The molecule has 0 unspecified atom stereocenters. The Morgan fingerprint density at radius 2 is 1.68 bits per heavy atom. The van der Waals surface area contributed by atoms with Gasteiger partial charge in [0.15, 0.2) is 0 Å². The zero-order valence-corrected chi connectivity index (χ0v) is 13.1. The van der Waals surface area contributed by atoms with Crippen molar-refractivity contribution < 1.29 is 22.8 Å². The molecule has 1 N–H and O–H groups in total. The van der Waals surface area contributed by atoms with Gasteiger partial charge < -0.3 is 10.2 Å². The third kappa shape index (κ3) is 3.81. The van der Waals surface area contributed by atoms with E-state index in [1.54, 1.807) is 17.0 Å². The fraction of sp³-hybridized carbons (Fsp3) is 0.222. The van der Waals surface area contributed by atoms with Gasteiger partial charge in [-0.05, 0) is 36.4 Å². The van der Waals surface area contributed by atoms with E-state index in [-0.39, 0.29) is 23.9 Å². The maximum Gasteiger partial charge on any atom is 0.416 e. The number of halogens is 3. The van der Waals surface area contributed by atoms with Gasteiger partial charge in [0.25, 0.3) is 5.91 Å². The second-order valence-corrected chi connectivity index (χ2v) is 5.79. The highest BCUT2D eigenvalue weighted by atomic mass is 19.4. The molecule has 2 aromatic carbocycles. The Bertz CT molecular complexity index is 773. The summed E-state index contributed by atoms with van der Waals surface area (Å²) in [7, 11) is 0. The monoisotopic (exact) mass is 348 g/mol. The predicted octanol–water partition coefficient (Wildman–Crippen LogP) is 3.24. The summed E-state index contributed by atoms with van der Waals surface area (Å²) in [6.07, 6.45) is -4.29. The van der Waals surface area contributed by atoms with E-state index in [9.17, 15) is 22.8 Å². The molecule has 0 radical (unpaired) electrons. The second-order valence-electron chi connectivity index (χ2n) is 5.79. The Morgan fingerprint density at radius 3 is 2.28 bits per heavy atom. The maximum atomic E-state index is 12.6. The number of alkyl halides is 3. The number of para-hydroxylation sites is 1. The maximum absolute atomic E-state index is 12.6. The van der Waals surface area contributed by atoms with Gasteiger partial charge in [-0.2, -0.15) is 13.2 Å². The molecule has 2 aromatic rings. The van der Waals surface area contributed by atoms with Gasteiger partial charge in [-0.15, -0.1) is 0 Å². The minimum atomic E-state index is -4.44. The number of nitrogens with one attached hydrogen (secondary N) is 1. The quantitative estimate of drug-likeness (QED) is 0.926. The SMILES string of the molecule is O=C(N[C@@H]1CC(=O)N(c2ccccc2)C1)c1ccc(C(F)(F)F)cc1. The molecule has 7 heteroatoms. The molecule has 0 aromatic heterocycles. The molecule has 1 aliphatic rings. The van der Waals surface area contributed by atoms with Crippen LogP contribution in [0.15, 0.2) is 54.6 Å². The summed E-state index contributed by atoms with van der Waals surface area (Å²) in [4.78, 5) is 25.9. The molecule has 25 heavy (non-hydrogen) atoms. The first kappa shape index (κ1) is 17.0. The van der Waals surface area contributed by atoms with Crippen LogP contribution in [-0.4, -0.2) is 24.4 Å². The van der Waals surface area contributed by atoms with Gasteiger partial charge >= 0.3 is 6.18 Å². The summed E-state index contributed by atoms with van der Waals surface area (Å²) in [6, 6.07) is 12.7. The third-order valence-corrected chi connectivity index (χ3v) is 4.00. The molecule has 130 valence electrons. The Hall–Kier alpha value is -2.83. The molecule has 0 aliphatic carbocycles. The van der Waals surface area contributed by atoms with Crippen molar-refractivity contribution in [3.63, 3.8) is 0 Å². The lowest BCUT2D eigenvalue weighted by Gasteiger charge is -2.17. The number of hydrogen-bond acceptors (Lipinski definition) is 2. The lowest BCUT2D eigenvalue weighted by Crippen LogP contribution is -2.37. The van der Waals surface area contributed by atoms with E-state index in [1.807, 2.05) is 18.2 Å². The molecule has 1 fully saturated rings. The Kier molecular flexibility index (Phi) is 4.48. The molecule has 0 spiro atoms. The number of hydrogen-bond donors (Lipinski definition) is 1. The van der Waals surface area contributed by atoms with Crippen molar-refractivity contribution in [2.75, 3.05) is 11.4 Å². The standard InChI is InChI=1S/C18H15F3N2O2/c19-18(20,21)13-8-6-12(7-9-13)17(25)22-14-10-16(24)23(11-14)15-4-2-1-3-5-15/h1-9,14H,10-11H2,(H,22,25)/t14-/m1/s1. The zero-order valence-electron chi connectivity index (χ0n) is 13.1. The lowest BCUT2D eigenvalue weighted by atomic mass is 10.1. The van der Waals surface area contributed by atoms with Crippen molar-refractivity contribution >= 4 is 17.5 Å². The number of carbonyl (C=O) groups excluding carboxylic acids is 2. The third-order valence-electron chi connectivity index (χ3n) is 4.00. The van der Waals surface area contributed by atoms with E-state index in [0.29, 0.717) is 6.54 Å². The van der Waals surface area contributed by atoms with Gasteiger partial charge in [-0.1, -0.05) is 18.2 Å². The fourth-order valence-corrected chi connectivity index (χ4v) is 2.74. The topological polar surface area (TPSA) is 49.4 Å². The van der Waals surface area contributed by atoms with Crippen LogP contribution < -0.4 is 10.2 Å². The Balaban J connectivity index is 1.65. The number of anilines is 1. The van der Waals surface area contributed by atoms with E-state index < -0.39 is 17.6 Å². The van der Waals surface area contributed by atoms with Crippen LogP contribution in [0.3, 0.4) is 0 Å². The van der Waals surface area contributed by atoms with E-state index in [4.69, 9.17) is 0 Å². The van der Waals surface area contributed by atoms with Gasteiger partial charge in [-0.25, -0.2) is 0 Å². The van der Waals surface area contributed by atoms with Crippen molar-refractivity contribution in [2.45, 2.75) is 18.6 Å².